The number of unbranched alkanes of at least 4 members (excludes halogenated alkanes) is 1. The van der Waals surface area contributed by atoms with Crippen molar-refractivity contribution in [2.45, 2.75) is 93.4 Å². The molecule has 0 aliphatic carbocycles. The van der Waals surface area contributed by atoms with Crippen LogP contribution in [0, 0.1) is 0 Å². The number of amides is 2. The molecule has 2 aromatic carbocycles. The van der Waals surface area contributed by atoms with Gasteiger partial charge in [-0.2, -0.15) is 0 Å². The predicted molar refractivity (Wildman–Crippen MR) is 229 cm³/mol. The van der Waals surface area contributed by atoms with Gasteiger partial charge >= 0.3 is 0 Å². The summed E-state index contributed by atoms with van der Waals surface area (Å²) in [7, 11) is 0. The van der Waals surface area contributed by atoms with E-state index in [-0.39, 0.29) is 35.3 Å². The molecule has 0 aliphatic rings. The number of aromatic nitrogens is 2. The van der Waals surface area contributed by atoms with Gasteiger partial charge in [-0.15, -0.1) is 0 Å². The van der Waals surface area contributed by atoms with Crippen LogP contribution in [0.1, 0.15) is 53.0 Å². The van der Waals surface area contributed by atoms with Gasteiger partial charge in [0.1, 0.15) is 53.3 Å². The van der Waals surface area contributed by atoms with Gasteiger partial charge in [0, 0.05) is 32.7 Å². The van der Waals surface area contributed by atoms with Gasteiger partial charge in [-0.3, -0.25) is 19.5 Å². The monoisotopic (exact) mass is 892 g/mol. The SMILES string of the molecule is NC(=O)c1nc(Cl)cnc1C(N)=NCCCCc1ccc(-c2ccc(CCCNC(=O)[C@@H](N)CCN(C[C@H](O)[C@@H](O)[C@H](O)[C@H](O)CO)C[C@H](O)[C@@H](O)[C@H](O)[C@H](O)CO)cc2)cc1. The number of rotatable bonds is 28. The van der Waals surface area contributed by atoms with Gasteiger partial charge in [-0.05, 0) is 60.8 Å². The van der Waals surface area contributed by atoms with Crippen LogP contribution < -0.4 is 22.5 Å². The Morgan fingerprint density at radius 3 is 1.68 bits per heavy atom. The summed E-state index contributed by atoms with van der Waals surface area (Å²) in [5, 5.41) is 102. The number of aryl methyl sites for hydroxylation is 2. The summed E-state index contributed by atoms with van der Waals surface area (Å²) in [5.74, 6) is -1.21. The average molecular weight is 893 g/mol. The van der Waals surface area contributed by atoms with Crippen LogP contribution in [0.15, 0.2) is 59.7 Å². The summed E-state index contributed by atoms with van der Waals surface area (Å²) in [6.45, 7) is -2.08. The van der Waals surface area contributed by atoms with Gasteiger partial charge in [0.05, 0.1) is 37.7 Å². The fraction of sp³-hybridized carbons (Fsp3) is 0.537. The standard InChI is InChI=1S/C41H61ClN8O12/c42-32-18-48-33(34(49-32)40(45)61)39(44)46-15-2-1-4-23-6-10-25(11-7-23)26-12-8-24(9-13-26)5-3-16-47-41(62)27(43)14-17-50(19-28(53)35(57)37(59)30(55)21-51)20-29(54)36(58)38(60)31(56)22-52/h6-13,18,27-31,35-38,51-60H,1-5,14-17,19-22,43H2,(H2,44,46)(H2,45,61)(H,47,62)/t27-,28-,29-,30+,31+,35+,36+,37+,38+/m0/s1. The number of carbonyl (C=O) groups excluding carboxylic acids is 2. The number of nitrogens with zero attached hydrogens (tertiary/aromatic N) is 4. The Morgan fingerprint density at radius 2 is 1.19 bits per heavy atom. The largest absolute Gasteiger partial charge is 0.394 e. The van der Waals surface area contributed by atoms with Gasteiger partial charge in [0.15, 0.2) is 5.69 Å². The van der Waals surface area contributed by atoms with E-state index in [1.807, 2.05) is 24.3 Å². The Labute approximate surface area is 364 Å². The number of hydrogen-bond acceptors (Lipinski definition) is 17. The molecule has 0 saturated heterocycles. The minimum absolute atomic E-state index is 0.0267. The summed E-state index contributed by atoms with van der Waals surface area (Å²) in [6.07, 6.45) is -9.77. The Bertz CT molecular complexity index is 1820. The molecule has 20 nitrogen and oxygen atoms in total. The average Bonchev–Trinajstić information content (AvgIpc) is 3.27. The van der Waals surface area contributed by atoms with Crippen molar-refractivity contribution in [3.63, 3.8) is 0 Å². The molecular weight excluding hydrogens is 832 g/mol. The van der Waals surface area contributed by atoms with Gasteiger partial charge in [0.25, 0.3) is 5.91 Å². The molecule has 0 spiro atoms. The molecule has 3 aromatic rings. The van der Waals surface area contributed by atoms with Gasteiger partial charge in [0.2, 0.25) is 5.91 Å². The third kappa shape index (κ3) is 16.5. The fourth-order valence-corrected chi connectivity index (χ4v) is 6.52. The molecule has 0 radical (unpaired) electrons. The zero-order chi connectivity index (χ0) is 45.9. The van der Waals surface area contributed by atoms with Gasteiger partial charge in [-0.25, -0.2) is 9.97 Å². The van der Waals surface area contributed by atoms with Gasteiger partial charge in [-0.1, -0.05) is 60.1 Å². The summed E-state index contributed by atoms with van der Waals surface area (Å²) >= 11 is 5.80. The maximum Gasteiger partial charge on any atom is 0.269 e. The molecule has 62 heavy (non-hydrogen) atoms. The smallest absolute Gasteiger partial charge is 0.269 e. The minimum Gasteiger partial charge on any atom is -0.394 e. The molecule has 2 amide bonds. The van der Waals surface area contributed by atoms with Crippen LogP contribution in [0.4, 0.5) is 0 Å². The second kappa shape index (κ2) is 26.4. The molecule has 17 N–H and O–H groups in total. The molecule has 0 bridgehead atoms. The highest BCUT2D eigenvalue weighted by Gasteiger charge is 2.34. The quantitative estimate of drug-likeness (QED) is 0.0192. The number of aliphatic imine (C=N–C) groups is 1. The highest BCUT2D eigenvalue weighted by Crippen LogP contribution is 2.22. The van der Waals surface area contributed by atoms with Crippen molar-refractivity contribution in [3.05, 3.63) is 82.4 Å². The summed E-state index contributed by atoms with van der Waals surface area (Å²) in [6, 6.07) is 15.3. The van der Waals surface area contributed by atoms with E-state index >= 15 is 0 Å². The van der Waals surface area contributed by atoms with Crippen molar-refractivity contribution < 1.29 is 60.7 Å². The number of nitrogens with one attached hydrogen (secondary N) is 1. The molecular formula is C41H61ClN8O12. The molecule has 1 heterocycles. The third-order valence-corrected chi connectivity index (χ3v) is 10.4. The van der Waals surface area contributed by atoms with Crippen LogP contribution in [-0.2, 0) is 17.6 Å². The Kier molecular flexibility index (Phi) is 22.2. The van der Waals surface area contributed by atoms with Crippen LogP contribution in [0.25, 0.3) is 11.1 Å². The number of carbonyl (C=O) groups is 2. The van der Waals surface area contributed by atoms with Crippen LogP contribution in [-0.4, -0.2) is 184 Å². The molecule has 0 aliphatic heterocycles. The number of aliphatic hydroxyl groups is 10. The van der Waals surface area contributed by atoms with E-state index in [1.165, 1.54) is 16.7 Å². The lowest BCUT2D eigenvalue weighted by atomic mass is 9.99. The first-order chi connectivity index (χ1) is 29.5. The number of halogens is 1. The Morgan fingerprint density at radius 1 is 0.710 bits per heavy atom. The number of amidine groups is 1. The van der Waals surface area contributed by atoms with E-state index in [0.717, 1.165) is 36.0 Å². The normalized spacial score (nSPS) is 16.5. The molecule has 9 atom stereocenters. The van der Waals surface area contributed by atoms with E-state index < -0.39 is 93.0 Å². The summed E-state index contributed by atoms with van der Waals surface area (Å²) in [5.41, 5.74) is 21.8. The summed E-state index contributed by atoms with van der Waals surface area (Å²) < 4.78 is 0. The zero-order valence-electron chi connectivity index (χ0n) is 34.3. The lowest BCUT2D eigenvalue weighted by Crippen LogP contribution is -2.54. The Balaban J connectivity index is 1.44. The summed E-state index contributed by atoms with van der Waals surface area (Å²) in [4.78, 5) is 38.0. The third-order valence-electron chi connectivity index (χ3n) is 10.2. The maximum absolute atomic E-state index is 12.8. The van der Waals surface area contributed by atoms with Crippen molar-refractivity contribution in [1.29, 1.82) is 0 Å². The highest BCUT2D eigenvalue weighted by molar-refractivity contribution is 6.29. The predicted octanol–water partition coefficient (Wildman–Crippen LogP) is -3.44. The second-order valence-electron chi connectivity index (χ2n) is 15.0. The molecule has 1 aromatic heterocycles. The van der Waals surface area contributed by atoms with Crippen molar-refractivity contribution in [3.8, 4) is 11.1 Å². The number of nitrogens with two attached hydrogens (primary N) is 3. The minimum atomic E-state index is -1.94. The molecule has 344 valence electrons. The van der Waals surface area contributed by atoms with Crippen LogP contribution in [0.2, 0.25) is 5.15 Å². The first-order valence-corrected chi connectivity index (χ1v) is 20.6. The van der Waals surface area contributed by atoms with Crippen LogP contribution >= 0.6 is 11.6 Å². The first kappa shape index (κ1) is 52.1. The topological polar surface area (TPSA) is 368 Å². The van der Waals surface area contributed by atoms with Crippen molar-refractivity contribution in [2.75, 3.05) is 45.9 Å². The van der Waals surface area contributed by atoms with E-state index in [9.17, 15) is 50.4 Å². The van der Waals surface area contributed by atoms with Crippen molar-refractivity contribution in [2.24, 2.45) is 22.2 Å². The molecule has 3 rings (SSSR count). The molecule has 0 saturated carbocycles. The highest BCUT2D eigenvalue weighted by atomic mass is 35.5. The lowest BCUT2D eigenvalue weighted by Gasteiger charge is -2.33. The maximum atomic E-state index is 12.8. The molecule has 0 fully saturated rings. The molecule has 0 unspecified atom stereocenters. The number of primary amides is 1. The fourth-order valence-electron chi connectivity index (χ4n) is 6.39. The van der Waals surface area contributed by atoms with E-state index in [1.54, 1.807) is 0 Å². The van der Waals surface area contributed by atoms with E-state index in [4.69, 9.17) is 39.0 Å². The van der Waals surface area contributed by atoms with Crippen molar-refractivity contribution in [1.82, 2.24) is 20.2 Å². The first-order valence-electron chi connectivity index (χ1n) is 20.2. The van der Waals surface area contributed by atoms with Crippen molar-refractivity contribution >= 4 is 29.3 Å². The second-order valence-corrected chi connectivity index (χ2v) is 15.4. The zero-order valence-corrected chi connectivity index (χ0v) is 35.0. The van der Waals surface area contributed by atoms with E-state index in [0.29, 0.717) is 25.9 Å². The molecule has 21 heteroatoms. The number of hydrogen-bond donors (Lipinski definition) is 14. The van der Waals surface area contributed by atoms with Gasteiger partial charge < -0.3 is 73.6 Å². The van der Waals surface area contributed by atoms with Crippen LogP contribution in [0.5, 0.6) is 0 Å². The Hall–Kier alpha value is -4.26. The number of aliphatic hydroxyl groups excluding tert-OH is 10. The van der Waals surface area contributed by atoms with Crippen LogP contribution in [0.3, 0.4) is 0 Å². The van der Waals surface area contributed by atoms with E-state index in [2.05, 4.69) is 44.5 Å². The lowest BCUT2D eigenvalue weighted by molar-refractivity contribution is -0.130. The number of benzene rings is 2.